The lowest BCUT2D eigenvalue weighted by Gasteiger charge is -2.33. The molecule has 0 spiro atoms. The number of sulfonamides is 1. The van der Waals surface area contributed by atoms with Crippen LogP contribution >= 0.6 is 11.3 Å². The zero-order valence-corrected chi connectivity index (χ0v) is 27.5. The second-order valence-electron chi connectivity index (χ2n) is 12.2. The van der Waals surface area contributed by atoms with Crippen LogP contribution in [0.15, 0.2) is 30.7 Å². The maximum Gasteiger partial charge on any atom is 0.393 e. The molecule has 6 heterocycles. The molecule has 246 valence electrons. The van der Waals surface area contributed by atoms with Crippen LogP contribution in [0.3, 0.4) is 0 Å². The molecule has 4 aromatic rings. The molecule has 4 aromatic heterocycles. The SMILES string of the molecule is Cc1c(CN2CCC(Nc3ncnc4sc(CC(F)(F)F)cc34)CC2)ccn2c(CCN3CCN(S(C)(=O)=O)CC3)c(C#N)cc12. The number of likely N-dealkylation sites (tertiary alicyclic amines) is 1. The fraction of sp³-hybridized carbons (Fsp3) is 0.516. The summed E-state index contributed by atoms with van der Waals surface area (Å²) in [5.74, 6) is 0.586. The van der Waals surface area contributed by atoms with Gasteiger partial charge < -0.3 is 14.6 Å². The van der Waals surface area contributed by atoms with E-state index in [4.69, 9.17) is 0 Å². The van der Waals surface area contributed by atoms with Crippen LogP contribution in [0.2, 0.25) is 0 Å². The predicted octanol–water partition coefficient (Wildman–Crippen LogP) is 4.43. The first-order chi connectivity index (χ1) is 21.9. The minimum absolute atomic E-state index is 0.157. The zero-order chi connectivity index (χ0) is 32.6. The Morgan fingerprint density at radius 1 is 1.09 bits per heavy atom. The molecule has 2 aliphatic rings. The van der Waals surface area contributed by atoms with Gasteiger partial charge in [-0.15, -0.1) is 11.3 Å². The molecule has 2 aliphatic heterocycles. The van der Waals surface area contributed by atoms with E-state index >= 15 is 0 Å². The third-order valence-corrected chi connectivity index (χ3v) is 11.4. The summed E-state index contributed by atoms with van der Waals surface area (Å²) in [6.07, 6.45) is 1.92. The molecule has 0 saturated carbocycles. The number of piperidine rings is 1. The first-order valence-corrected chi connectivity index (χ1v) is 18.0. The molecule has 1 N–H and O–H groups in total. The Labute approximate surface area is 270 Å². The van der Waals surface area contributed by atoms with Crippen LogP contribution < -0.4 is 5.32 Å². The van der Waals surface area contributed by atoms with Crippen molar-refractivity contribution in [1.29, 1.82) is 5.26 Å². The summed E-state index contributed by atoms with van der Waals surface area (Å²) in [5, 5.41) is 14.0. The molecular formula is C31H37F3N8O2S2. The van der Waals surface area contributed by atoms with Crippen molar-refractivity contribution in [2.45, 2.75) is 51.4 Å². The highest BCUT2D eigenvalue weighted by Crippen LogP contribution is 2.33. The summed E-state index contributed by atoms with van der Waals surface area (Å²) >= 11 is 1.06. The van der Waals surface area contributed by atoms with Gasteiger partial charge in [0, 0.05) is 87.1 Å². The molecular weight excluding hydrogens is 638 g/mol. The molecule has 0 bridgehead atoms. The van der Waals surface area contributed by atoms with E-state index < -0.39 is 22.6 Å². The number of fused-ring (bicyclic) bond motifs is 2. The quantitative estimate of drug-likeness (QED) is 0.278. The number of nitriles is 1. The lowest BCUT2D eigenvalue weighted by atomic mass is 10.0. The number of hydrogen-bond donors (Lipinski definition) is 1. The van der Waals surface area contributed by atoms with Gasteiger partial charge in [-0.2, -0.15) is 22.7 Å². The van der Waals surface area contributed by atoms with Crippen LogP contribution in [-0.4, -0.2) is 101 Å². The number of pyridine rings is 1. The number of aromatic nitrogens is 3. The van der Waals surface area contributed by atoms with E-state index in [9.17, 15) is 26.9 Å². The molecule has 0 atom stereocenters. The average molecular weight is 675 g/mol. The number of rotatable bonds is 9. The zero-order valence-electron chi connectivity index (χ0n) is 25.8. The molecule has 0 aliphatic carbocycles. The van der Waals surface area contributed by atoms with E-state index in [0.29, 0.717) is 54.2 Å². The number of piperazine rings is 1. The van der Waals surface area contributed by atoms with Gasteiger partial charge in [0.25, 0.3) is 0 Å². The standard InChI is InChI=1S/C31H37F3N8O2S2/c1-21-22(3-10-42-27(23(18-35)15-28(21)42)6-9-39-11-13-41(14-12-39)46(2,43)44)19-40-7-4-24(5-8-40)38-29-26-16-25(17-31(32,33)34)45-30(26)37-20-36-29/h3,10,15-16,20,24H,4-9,11-14,17,19H2,1-2H3,(H,36,37,38). The number of aryl methyl sites for hydroxylation is 1. The van der Waals surface area contributed by atoms with Crippen LogP contribution in [-0.2, 0) is 29.4 Å². The molecule has 15 heteroatoms. The Morgan fingerprint density at radius 3 is 2.50 bits per heavy atom. The number of anilines is 1. The minimum Gasteiger partial charge on any atom is -0.367 e. The summed E-state index contributed by atoms with van der Waals surface area (Å²) in [7, 11) is -3.17. The van der Waals surface area contributed by atoms with Gasteiger partial charge in [-0.1, -0.05) is 0 Å². The summed E-state index contributed by atoms with van der Waals surface area (Å²) in [6.45, 7) is 7.68. The number of halogens is 3. The second kappa shape index (κ2) is 13.1. The van der Waals surface area contributed by atoms with E-state index in [-0.39, 0.29) is 10.9 Å². The summed E-state index contributed by atoms with van der Waals surface area (Å²) in [6, 6.07) is 8.19. The van der Waals surface area contributed by atoms with Gasteiger partial charge in [0.2, 0.25) is 10.0 Å². The molecule has 2 saturated heterocycles. The van der Waals surface area contributed by atoms with Crippen molar-refractivity contribution in [3.8, 4) is 6.07 Å². The van der Waals surface area contributed by atoms with Crippen molar-refractivity contribution in [2.24, 2.45) is 0 Å². The summed E-state index contributed by atoms with van der Waals surface area (Å²) in [5.41, 5.74) is 5.01. The van der Waals surface area contributed by atoms with Crippen LogP contribution in [0.5, 0.6) is 0 Å². The van der Waals surface area contributed by atoms with E-state index in [1.54, 1.807) is 6.07 Å². The highest BCUT2D eigenvalue weighted by Gasteiger charge is 2.29. The van der Waals surface area contributed by atoms with Crippen LogP contribution in [0.25, 0.3) is 15.7 Å². The molecule has 46 heavy (non-hydrogen) atoms. The molecule has 6 rings (SSSR count). The first kappa shape index (κ1) is 32.6. The van der Waals surface area contributed by atoms with Crippen molar-refractivity contribution in [3.05, 3.63) is 58.0 Å². The Morgan fingerprint density at radius 2 is 1.83 bits per heavy atom. The maximum absolute atomic E-state index is 12.9. The van der Waals surface area contributed by atoms with Crippen molar-refractivity contribution < 1.29 is 21.6 Å². The van der Waals surface area contributed by atoms with Crippen molar-refractivity contribution in [2.75, 3.05) is 57.4 Å². The fourth-order valence-corrected chi connectivity index (χ4v) is 8.38. The molecule has 0 unspecified atom stereocenters. The Hall–Kier alpha value is -3.29. The van der Waals surface area contributed by atoms with E-state index in [1.807, 2.05) is 6.07 Å². The molecule has 0 radical (unpaired) electrons. The van der Waals surface area contributed by atoms with Gasteiger partial charge in [0.05, 0.1) is 23.6 Å². The molecule has 10 nitrogen and oxygen atoms in total. The van der Waals surface area contributed by atoms with Crippen LogP contribution in [0.4, 0.5) is 19.0 Å². The summed E-state index contributed by atoms with van der Waals surface area (Å²) < 4.78 is 66.1. The number of alkyl halides is 3. The molecule has 2 fully saturated rings. The van der Waals surface area contributed by atoms with E-state index in [2.05, 4.69) is 54.7 Å². The monoisotopic (exact) mass is 674 g/mol. The van der Waals surface area contributed by atoms with Crippen LogP contribution in [0.1, 0.15) is 40.1 Å². The predicted molar refractivity (Wildman–Crippen MR) is 173 cm³/mol. The third-order valence-electron chi connectivity index (χ3n) is 9.10. The van der Waals surface area contributed by atoms with Crippen LogP contribution in [0, 0.1) is 18.3 Å². The molecule has 0 amide bonds. The van der Waals surface area contributed by atoms with Crippen molar-refractivity contribution in [1.82, 2.24) is 28.5 Å². The van der Waals surface area contributed by atoms with Crippen molar-refractivity contribution >= 4 is 42.9 Å². The topological polar surface area (TPSA) is 110 Å². The molecule has 0 aromatic carbocycles. The average Bonchev–Trinajstić information content (AvgIpc) is 3.58. The van der Waals surface area contributed by atoms with Gasteiger partial charge in [-0.3, -0.25) is 4.90 Å². The first-order valence-electron chi connectivity index (χ1n) is 15.4. The van der Waals surface area contributed by atoms with Gasteiger partial charge in [0.1, 0.15) is 23.0 Å². The Bertz CT molecular complexity index is 1870. The fourth-order valence-electron chi connectivity index (χ4n) is 6.52. The summed E-state index contributed by atoms with van der Waals surface area (Å²) in [4.78, 5) is 14.0. The van der Waals surface area contributed by atoms with Gasteiger partial charge in [0.15, 0.2) is 0 Å². The van der Waals surface area contributed by atoms with Gasteiger partial charge in [-0.25, -0.2) is 18.4 Å². The Balaban J connectivity index is 1.07. The number of thiophene rings is 1. The highest BCUT2D eigenvalue weighted by atomic mass is 32.2. The largest absolute Gasteiger partial charge is 0.393 e. The normalized spacial score (nSPS) is 18.0. The van der Waals surface area contributed by atoms with E-state index in [0.717, 1.165) is 67.1 Å². The third kappa shape index (κ3) is 7.31. The number of nitrogens with one attached hydrogen (secondary N) is 1. The highest BCUT2D eigenvalue weighted by molar-refractivity contribution is 7.88. The second-order valence-corrected chi connectivity index (χ2v) is 15.3. The van der Waals surface area contributed by atoms with Gasteiger partial charge >= 0.3 is 6.18 Å². The number of hydrogen-bond acceptors (Lipinski definition) is 9. The number of nitrogens with zero attached hydrogens (tertiary/aromatic N) is 7. The van der Waals surface area contributed by atoms with Crippen molar-refractivity contribution in [3.63, 3.8) is 0 Å². The lowest BCUT2D eigenvalue weighted by molar-refractivity contribution is -0.126. The smallest absolute Gasteiger partial charge is 0.367 e. The lowest BCUT2D eigenvalue weighted by Crippen LogP contribution is -2.48. The minimum atomic E-state index is -4.26. The Kier molecular flexibility index (Phi) is 9.28. The maximum atomic E-state index is 12.9. The van der Waals surface area contributed by atoms with E-state index in [1.165, 1.54) is 22.5 Å². The van der Waals surface area contributed by atoms with Gasteiger partial charge in [-0.05, 0) is 49.1 Å².